The van der Waals surface area contributed by atoms with E-state index in [1.165, 1.54) is 0 Å². The summed E-state index contributed by atoms with van der Waals surface area (Å²) in [6.07, 6.45) is 0.741. The van der Waals surface area contributed by atoms with E-state index in [4.69, 9.17) is 18.9 Å². The van der Waals surface area contributed by atoms with Crippen LogP contribution >= 0.6 is 0 Å². The van der Waals surface area contributed by atoms with Crippen molar-refractivity contribution >= 4 is 5.91 Å². The van der Waals surface area contributed by atoms with Gasteiger partial charge in [-0.25, -0.2) is 0 Å². The Labute approximate surface area is 188 Å². The number of amides is 1. The summed E-state index contributed by atoms with van der Waals surface area (Å²) in [7, 11) is 4.86. The van der Waals surface area contributed by atoms with Crippen LogP contribution in [-0.2, 0) is 19.6 Å². The number of carbonyl (C=O) groups excluding carboxylic acids is 1. The van der Waals surface area contributed by atoms with Crippen LogP contribution in [0.15, 0.2) is 60.7 Å². The molecule has 0 fully saturated rings. The number of para-hydroxylation sites is 2. The molecule has 1 aliphatic heterocycles. The minimum atomic E-state index is -0.0215. The molecule has 1 aliphatic rings. The number of hydrogen-bond acceptors (Lipinski definition) is 5. The number of rotatable bonds is 8. The second-order valence-corrected chi connectivity index (χ2v) is 7.55. The fourth-order valence-corrected chi connectivity index (χ4v) is 3.98. The SMILES string of the molecule is COc1ccccc1COc1cc2c(cc1OC)C(=O)N(Cc1ccccc1OC)CC2. The van der Waals surface area contributed by atoms with E-state index in [1.807, 2.05) is 59.5 Å². The Bertz CT molecular complexity index is 1110. The van der Waals surface area contributed by atoms with Crippen molar-refractivity contribution in [1.82, 2.24) is 4.90 Å². The molecule has 4 rings (SSSR count). The van der Waals surface area contributed by atoms with E-state index in [9.17, 15) is 4.79 Å². The zero-order chi connectivity index (χ0) is 22.5. The van der Waals surface area contributed by atoms with Crippen LogP contribution in [0.4, 0.5) is 0 Å². The van der Waals surface area contributed by atoms with Crippen molar-refractivity contribution in [2.75, 3.05) is 27.9 Å². The molecule has 1 heterocycles. The van der Waals surface area contributed by atoms with Gasteiger partial charge in [0.2, 0.25) is 0 Å². The Morgan fingerprint density at radius 2 is 1.41 bits per heavy atom. The third-order valence-corrected chi connectivity index (χ3v) is 5.69. The van der Waals surface area contributed by atoms with Crippen LogP contribution in [0, 0.1) is 0 Å². The Morgan fingerprint density at radius 1 is 0.781 bits per heavy atom. The highest BCUT2D eigenvalue weighted by Crippen LogP contribution is 2.35. The molecule has 0 bridgehead atoms. The van der Waals surface area contributed by atoms with Gasteiger partial charge in [0.1, 0.15) is 18.1 Å². The van der Waals surface area contributed by atoms with Crippen LogP contribution in [-0.4, -0.2) is 38.7 Å². The van der Waals surface area contributed by atoms with Gasteiger partial charge in [-0.15, -0.1) is 0 Å². The van der Waals surface area contributed by atoms with E-state index in [2.05, 4.69) is 0 Å². The van der Waals surface area contributed by atoms with Gasteiger partial charge in [0, 0.05) is 29.8 Å². The average molecular weight is 434 g/mol. The molecule has 0 spiro atoms. The average Bonchev–Trinajstić information content (AvgIpc) is 2.84. The first-order chi connectivity index (χ1) is 15.6. The number of nitrogens with zero attached hydrogens (tertiary/aromatic N) is 1. The lowest BCUT2D eigenvalue weighted by molar-refractivity contribution is 0.0725. The van der Waals surface area contributed by atoms with E-state index >= 15 is 0 Å². The number of carbonyl (C=O) groups is 1. The van der Waals surface area contributed by atoms with Gasteiger partial charge < -0.3 is 23.8 Å². The number of ether oxygens (including phenoxy) is 4. The Balaban J connectivity index is 1.55. The highest BCUT2D eigenvalue weighted by Gasteiger charge is 2.27. The van der Waals surface area contributed by atoms with E-state index < -0.39 is 0 Å². The van der Waals surface area contributed by atoms with E-state index in [-0.39, 0.29) is 5.91 Å². The van der Waals surface area contributed by atoms with Crippen LogP contribution in [0.5, 0.6) is 23.0 Å². The summed E-state index contributed by atoms with van der Waals surface area (Å²) < 4.78 is 22.5. The topological polar surface area (TPSA) is 57.2 Å². The standard InChI is InChI=1S/C26H27NO5/c1-29-22-10-6-4-8-19(22)16-27-13-12-18-14-25(24(31-3)15-21(18)26(27)28)32-17-20-9-5-7-11-23(20)30-2/h4-11,14-15H,12-13,16-17H2,1-3H3. The highest BCUT2D eigenvalue weighted by molar-refractivity contribution is 5.97. The first kappa shape index (κ1) is 21.6. The molecule has 166 valence electrons. The smallest absolute Gasteiger partial charge is 0.254 e. The molecule has 3 aromatic rings. The zero-order valence-electron chi connectivity index (χ0n) is 18.6. The molecule has 32 heavy (non-hydrogen) atoms. The number of hydrogen-bond donors (Lipinski definition) is 0. The van der Waals surface area contributed by atoms with Crippen molar-refractivity contribution in [3.8, 4) is 23.0 Å². The van der Waals surface area contributed by atoms with E-state index in [1.54, 1.807) is 27.4 Å². The lowest BCUT2D eigenvalue weighted by Crippen LogP contribution is -2.37. The summed E-state index contributed by atoms with van der Waals surface area (Å²) in [6, 6.07) is 19.2. The molecule has 0 saturated heterocycles. The Kier molecular flexibility index (Phi) is 6.50. The molecule has 6 nitrogen and oxygen atoms in total. The summed E-state index contributed by atoms with van der Waals surface area (Å²) >= 11 is 0. The van der Waals surface area contributed by atoms with Crippen LogP contribution in [0.1, 0.15) is 27.0 Å². The van der Waals surface area contributed by atoms with Gasteiger partial charge >= 0.3 is 0 Å². The lowest BCUT2D eigenvalue weighted by Gasteiger charge is -2.30. The largest absolute Gasteiger partial charge is 0.496 e. The third kappa shape index (κ3) is 4.35. The minimum absolute atomic E-state index is 0.0215. The quantitative estimate of drug-likeness (QED) is 0.524. The molecule has 1 amide bonds. The first-order valence-electron chi connectivity index (χ1n) is 10.5. The van der Waals surface area contributed by atoms with Gasteiger partial charge in [-0.1, -0.05) is 36.4 Å². The monoisotopic (exact) mass is 433 g/mol. The first-order valence-corrected chi connectivity index (χ1v) is 10.5. The van der Waals surface area contributed by atoms with Gasteiger partial charge in [-0.05, 0) is 36.2 Å². The molecule has 0 atom stereocenters. The van der Waals surface area contributed by atoms with Gasteiger partial charge in [0.25, 0.3) is 5.91 Å². The maximum atomic E-state index is 13.2. The van der Waals surface area contributed by atoms with Crippen LogP contribution < -0.4 is 18.9 Å². The Morgan fingerprint density at radius 3 is 2.09 bits per heavy atom. The maximum absolute atomic E-state index is 13.2. The molecule has 6 heteroatoms. The summed E-state index contributed by atoms with van der Waals surface area (Å²) in [4.78, 5) is 15.1. The second kappa shape index (κ2) is 9.64. The van der Waals surface area contributed by atoms with Crippen LogP contribution in [0.2, 0.25) is 0 Å². The lowest BCUT2D eigenvalue weighted by atomic mass is 9.97. The molecule has 0 radical (unpaired) electrons. The molecular weight excluding hydrogens is 406 g/mol. The fraction of sp³-hybridized carbons (Fsp3) is 0.269. The van der Waals surface area contributed by atoms with Crippen molar-refractivity contribution in [2.45, 2.75) is 19.6 Å². The number of methoxy groups -OCH3 is 3. The van der Waals surface area contributed by atoms with Crippen molar-refractivity contribution in [2.24, 2.45) is 0 Å². The Hall–Kier alpha value is -3.67. The molecule has 0 saturated carbocycles. The summed E-state index contributed by atoms with van der Waals surface area (Å²) in [5.41, 5.74) is 3.53. The third-order valence-electron chi connectivity index (χ3n) is 5.69. The summed E-state index contributed by atoms with van der Waals surface area (Å²) in [5, 5.41) is 0. The maximum Gasteiger partial charge on any atom is 0.254 e. The molecule has 0 unspecified atom stereocenters. The van der Waals surface area contributed by atoms with Crippen molar-refractivity contribution < 1.29 is 23.7 Å². The van der Waals surface area contributed by atoms with Crippen molar-refractivity contribution in [1.29, 1.82) is 0 Å². The van der Waals surface area contributed by atoms with Gasteiger partial charge in [-0.3, -0.25) is 4.79 Å². The van der Waals surface area contributed by atoms with Gasteiger partial charge in [-0.2, -0.15) is 0 Å². The molecule has 0 N–H and O–H groups in total. The van der Waals surface area contributed by atoms with Crippen molar-refractivity contribution in [3.05, 3.63) is 82.9 Å². The molecule has 3 aromatic carbocycles. The van der Waals surface area contributed by atoms with Gasteiger partial charge in [0.15, 0.2) is 11.5 Å². The predicted molar refractivity (Wildman–Crippen MR) is 122 cm³/mol. The number of fused-ring (bicyclic) bond motifs is 1. The second-order valence-electron chi connectivity index (χ2n) is 7.55. The molecule has 0 aromatic heterocycles. The summed E-state index contributed by atoms with van der Waals surface area (Å²) in [5.74, 6) is 2.68. The molecule has 0 aliphatic carbocycles. The van der Waals surface area contributed by atoms with E-state index in [0.29, 0.717) is 36.8 Å². The minimum Gasteiger partial charge on any atom is -0.496 e. The van der Waals surface area contributed by atoms with E-state index in [0.717, 1.165) is 34.6 Å². The fourth-order valence-electron chi connectivity index (χ4n) is 3.98. The molecular formula is C26H27NO5. The number of benzene rings is 3. The predicted octanol–water partition coefficient (Wildman–Crippen LogP) is 4.49. The normalized spacial score (nSPS) is 12.8. The van der Waals surface area contributed by atoms with Crippen LogP contribution in [0.25, 0.3) is 0 Å². The zero-order valence-corrected chi connectivity index (χ0v) is 18.6. The van der Waals surface area contributed by atoms with Gasteiger partial charge in [0.05, 0.1) is 21.3 Å². The van der Waals surface area contributed by atoms with Crippen molar-refractivity contribution in [3.63, 3.8) is 0 Å². The highest BCUT2D eigenvalue weighted by atomic mass is 16.5. The van der Waals surface area contributed by atoms with Crippen LogP contribution in [0.3, 0.4) is 0 Å². The summed E-state index contributed by atoms with van der Waals surface area (Å²) in [6.45, 7) is 1.46.